The Morgan fingerprint density at radius 3 is 2.27 bits per heavy atom. The Kier molecular flexibility index (Phi) is 5.83. The molecule has 0 aromatic heterocycles. The first-order valence-corrected chi connectivity index (χ1v) is 9.74. The van der Waals surface area contributed by atoms with Gasteiger partial charge in [0.2, 0.25) is 10.0 Å². The van der Waals surface area contributed by atoms with Crippen molar-refractivity contribution in [1.29, 1.82) is 0 Å². The van der Waals surface area contributed by atoms with E-state index in [-0.39, 0.29) is 5.56 Å². The van der Waals surface area contributed by atoms with Crippen LogP contribution in [0.5, 0.6) is 0 Å². The molecule has 0 atom stereocenters. The fraction of sp³-hybridized carbons (Fsp3) is 0.316. The Hall–Kier alpha value is -2.25. The number of sulfonamides is 1. The summed E-state index contributed by atoms with van der Waals surface area (Å²) in [6.45, 7) is 7.18. The van der Waals surface area contributed by atoms with Crippen LogP contribution in [-0.4, -0.2) is 26.4 Å². The van der Waals surface area contributed by atoms with E-state index in [0.29, 0.717) is 12.2 Å². The van der Waals surface area contributed by atoms with Crippen LogP contribution in [0, 0.1) is 5.82 Å². The molecule has 1 N–H and O–H groups in total. The van der Waals surface area contributed by atoms with Crippen LogP contribution in [0.15, 0.2) is 53.4 Å². The highest BCUT2D eigenvalue weighted by Gasteiger charge is 2.27. The van der Waals surface area contributed by atoms with Crippen LogP contribution in [0.1, 0.15) is 38.1 Å². The third kappa shape index (κ3) is 4.68. The number of nitrogens with zero attached hydrogens (tertiary/aromatic N) is 1. The number of hydrogen-bond donors (Lipinski definition) is 1. The van der Waals surface area contributed by atoms with Gasteiger partial charge in [0.15, 0.2) is 0 Å². The van der Waals surface area contributed by atoms with E-state index in [0.717, 1.165) is 12.1 Å². The summed E-state index contributed by atoms with van der Waals surface area (Å²) in [4.78, 5) is 13.8. The predicted molar refractivity (Wildman–Crippen MR) is 100 cm³/mol. The van der Waals surface area contributed by atoms with Crippen LogP contribution in [0.4, 0.5) is 10.1 Å². The SMILES string of the molecule is CCN(C(=O)c1ccc(F)c(S(=O)(=O)NC(C)(C)C)c1)c1ccccc1. The van der Waals surface area contributed by atoms with E-state index in [1.54, 1.807) is 45.0 Å². The van der Waals surface area contributed by atoms with Crippen LogP contribution in [0.3, 0.4) is 0 Å². The molecule has 7 heteroatoms. The molecule has 1 amide bonds. The van der Waals surface area contributed by atoms with Gasteiger partial charge >= 0.3 is 0 Å². The number of carbonyl (C=O) groups excluding carboxylic acids is 1. The van der Waals surface area contributed by atoms with Gasteiger partial charge in [0.05, 0.1) is 0 Å². The maximum atomic E-state index is 14.2. The highest BCUT2D eigenvalue weighted by molar-refractivity contribution is 7.89. The van der Waals surface area contributed by atoms with E-state index in [1.807, 2.05) is 13.0 Å². The summed E-state index contributed by atoms with van der Waals surface area (Å²) in [7, 11) is -4.10. The number of para-hydroxylation sites is 1. The summed E-state index contributed by atoms with van der Waals surface area (Å²) in [5.74, 6) is -1.30. The molecule has 0 fully saturated rings. The number of carbonyl (C=O) groups is 1. The summed E-state index contributed by atoms with van der Waals surface area (Å²) >= 11 is 0. The molecule has 0 bridgehead atoms. The van der Waals surface area contributed by atoms with Crippen LogP contribution in [0.2, 0.25) is 0 Å². The van der Waals surface area contributed by atoms with Gasteiger partial charge in [0, 0.05) is 23.3 Å². The van der Waals surface area contributed by atoms with Gasteiger partial charge in [0.1, 0.15) is 10.7 Å². The summed E-state index contributed by atoms with van der Waals surface area (Å²) in [6.07, 6.45) is 0. The van der Waals surface area contributed by atoms with E-state index < -0.39 is 32.2 Å². The van der Waals surface area contributed by atoms with E-state index in [2.05, 4.69) is 4.72 Å². The molecular formula is C19H23FN2O3S. The van der Waals surface area contributed by atoms with Crippen molar-refractivity contribution in [1.82, 2.24) is 4.72 Å². The molecule has 5 nitrogen and oxygen atoms in total. The largest absolute Gasteiger partial charge is 0.309 e. The lowest BCUT2D eigenvalue weighted by Gasteiger charge is -2.22. The third-order valence-electron chi connectivity index (χ3n) is 3.54. The summed E-state index contributed by atoms with van der Waals surface area (Å²) < 4.78 is 41.5. The molecule has 0 radical (unpaired) electrons. The minimum Gasteiger partial charge on any atom is -0.309 e. The molecule has 0 heterocycles. The van der Waals surface area contributed by atoms with Crippen molar-refractivity contribution in [2.75, 3.05) is 11.4 Å². The zero-order chi connectivity index (χ0) is 19.5. The number of benzene rings is 2. The zero-order valence-corrected chi connectivity index (χ0v) is 16.1. The number of hydrogen-bond acceptors (Lipinski definition) is 3. The molecule has 2 aromatic rings. The minimum absolute atomic E-state index is 0.103. The van der Waals surface area contributed by atoms with Crippen molar-refractivity contribution < 1.29 is 17.6 Å². The van der Waals surface area contributed by atoms with Gasteiger partial charge in [-0.3, -0.25) is 4.79 Å². The smallest absolute Gasteiger partial charge is 0.258 e. The van der Waals surface area contributed by atoms with Gasteiger partial charge in [-0.1, -0.05) is 18.2 Å². The first-order chi connectivity index (χ1) is 12.0. The van der Waals surface area contributed by atoms with Crippen molar-refractivity contribution >= 4 is 21.6 Å². The molecule has 0 aliphatic carbocycles. The average Bonchev–Trinajstić information content (AvgIpc) is 2.54. The first kappa shape index (κ1) is 20.1. The fourth-order valence-electron chi connectivity index (χ4n) is 2.51. The summed E-state index contributed by atoms with van der Waals surface area (Å²) in [5, 5.41) is 0. The standard InChI is InChI=1S/C19H23FN2O3S/c1-5-22(15-9-7-6-8-10-15)18(23)14-11-12-16(20)17(13-14)26(24,25)21-19(2,3)4/h6-13,21H,5H2,1-4H3. The molecule has 0 aliphatic heterocycles. The normalized spacial score (nSPS) is 12.0. The summed E-state index contributed by atoms with van der Waals surface area (Å²) in [5.41, 5.74) is 0.0121. The molecule has 26 heavy (non-hydrogen) atoms. The molecular weight excluding hydrogens is 355 g/mol. The van der Waals surface area contributed by atoms with E-state index in [4.69, 9.17) is 0 Å². The predicted octanol–water partition coefficient (Wildman–Crippen LogP) is 3.57. The number of amides is 1. The van der Waals surface area contributed by atoms with Crippen LogP contribution in [0.25, 0.3) is 0 Å². The lowest BCUT2D eigenvalue weighted by Crippen LogP contribution is -2.41. The number of nitrogens with one attached hydrogen (secondary N) is 1. The van der Waals surface area contributed by atoms with Crippen molar-refractivity contribution in [2.45, 2.75) is 38.1 Å². The Bertz CT molecular complexity index is 891. The third-order valence-corrected chi connectivity index (χ3v) is 5.31. The zero-order valence-electron chi connectivity index (χ0n) is 15.3. The lowest BCUT2D eigenvalue weighted by molar-refractivity contribution is 0.0988. The first-order valence-electron chi connectivity index (χ1n) is 8.25. The molecule has 0 aliphatic rings. The van der Waals surface area contributed by atoms with Gasteiger partial charge in [-0.05, 0) is 58.0 Å². The monoisotopic (exact) mass is 378 g/mol. The maximum Gasteiger partial charge on any atom is 0.258 e. The Labute approximate surface area is 153 Å². The molecule has 0 spiro atoms. The van der Waals surface area contributed by atoms with E-state index in [9.17, 15) is 17.6 Å². The topological polar surface area (TPSA) is 66.5 Å². The molecule has 0 saturated carbocycles. The second-order valence-corrected chi connectivity index (χ2v) is 8.54. The van der Waals surface area contributed by atoms with Crippen LogP contribution >= 0.6 is 0 Å². The van der Waals surface area contributed by atoms with Crippen molar-refractivity contribution in [3.63, 3.8) is 0 Å². The highest BCUT2D eigenvalue weighted by Crippen LogP contribution is 2.22. The maximum absolute atomic E-state index is 14.2. The van der Waals surface area contributed by atoms with Gasteiger partial charge < -0.3 is 4.90 Å². The van der Waals surface area contributed by atoms with Gasteiger partial charge in [-0.25, -0.2) is 17.5 Å². The second-order valence-electron chi connectivity index (χ2n) is 6.89. The van der Waals surface area contributed by atoms with Crippen LogP contribution < -0.4 is 9.62 Å². The van der Waals surface area contributed by atoms with Crippen molar-refractivity contribution in [3.05, 3.63) is 59.9 Å². The number of rotatable bonds is 5. The van der Waals surface area contributed by atoms with Crippen molar-refractivity contribution in [3.8, 4) is 0 Å². The average molecular weight is 378 g/mol. The molecule has 2 rings (SSSR count). The molecule has 0 saturated heterocycles. The van der Waals surface area contributed by atoms with E-state index in [1.165, 1.54) is 11.0 Å². The Balaban J connectivity index is 2.44. The highest BCUT2D eigenvalue weighted by atomic mass is 32.2. The molecule has 0 unspecified atom stereocenters. The Morgan fingerprint density at radius 2 is 1.73 bits per heavy atom. The van der Waals surface area contributed by atoms with Crippen LogP contribution in [-0.2, 0) is 10.0 Å². The quantitative estimate of drug-likeness (QED) is 0.865. The van der Waals surface area contributed by atoms with Gasteiger partial charge in [-0.2, -0.15) is 0 Å². The Morgan fingerprint density at radius 1 is 1.12 bits per heavy atom. The molecule has 140 valence electrons. The summed E-state index contributed by atoms with van der Waals surface area (Å²) in [6, 6.07) is 12.4. The number of anilines is 1. The van der Waals surface area contributed by atoms with Gasteiger partial charge in [0.25, 0.3) is 5.91 Å². The van der Waals surface area contributed by atoms with Gasteiger partial charge in [-0.15, -0.1) is 0 Å². The fourth-order valence-corrected chi connectivity index (χ4v) is 4.03. The van der Waals surface area contributed by atoms with Crippen molar-refractivity contribution in [2.24, 2.45) is 0 Å². The number of halogens is 1. The second kappa shape index (κ2) is 7.55. The lowest BCUT2D eigenvalue weighted by atomic mass is 10.1. The molecule has 2 aromatic carbocycles. The minimum atomic E-state index is -4.10. The van der Waals surface area contributed by atoms with E-state index >= 15 is 0 Å².